The number of carbonyl (C=O) groups is 1. The summed E-state index contributed by atoms with van der Waals surface area (Å²) >= 11 is 0. The van der Waals surface area contributed by atoms with E-state index in [4.69, 9.17) is 4.74 Å². The highest BCUT2D eigenvalue weighted by atomic mass is 16.5. The maximum Gasteiger partial charge on any atom is 0.273 e. The number of aromatic amines is 1. The van der Waals surface area contributed by atoms with Gasteiger partial charge >= 0.3 is 0 Å². The second-order valence-electron chi connectivity index (χ2n) is 8.52. The molecule has 0 fully saturated rings. The van der Waals surface area contributed by atoms with Crippen molar-refractivity contribution in [3.63, 3.8) is 0 Å². The summed E-state index contributed by atoms with van der Waals surface area (Å²) in [6.07, 6.45) is 0.733. The molecule has 172 valence electrons. The smallest absolute Gasteiger partial charge is 0.273 e. The van der Waals surface area contributed by atoms with Crippen LogP contribution in [0.25, 0.3) is 11.3 Å². The number of H-pyrrole nitrogens is 1. The summed E-state index contributed by atoms with van der Waals surface area (Å²) in [6.45, 7) is 4.90. The lowest BCUT2D eigenvalue weighted by molar-refractivity contribution is 0.0745. The molecular weight excluding hydrogens is 426 g/mol. The molecule has 34 heavy (non-hydrogen) atoms. The quantitative estimate of drug-likeness (QED) is 0.399. The molecule has 1 atom stereocenters. The maximum absolute atomic E-state index is 13.6. The molecule has 1 unspecified atom stereocenters. The highest BCUT2D eigenvalue weighted by Gasteiger charge is 2.42. The van der Waals surface area contributed by atoms with Crippen molar-refractivity contribution in [2.45, 2.75) is 26.3 Å². The second-order valence-corrected chi connectivity index (χ2v) is 8.52. The molecule has 0 aliphatic carbocycles. The van der Waals surface area contributed by atoms with Crippen molar-refractivity contribution < 1.29 is 14.6 Å². The Morgan fingerprint density at radius 3 is 2.56 bits per heavy atom. The maximum atomic E-state index is 13.6. The van der Waals surface area contributed by atoms with Gasteiger partial charge in [-0.2, -0.15) is 5.10 Å². The van der Waals surface area contributed by atoms with Crippen LogP contribution in [-0.2, 0) is 6.42 Å². The van der Waals surface area contributed by atoms with Crippen molar-refractivity contribution in [3.8, 4) is 22.8 Å². The van der Waals surface area contributed by atoms with Crippen LogP contribution in [0.2, 0.25) is 0 Å². The summed E-state index contributed by atoms with van der Waals surface area (Å²) in [7, 11) is 0. The van der Waals surface area contributed by atoms with Gasteiger partial charge in [-0.3, -0.25) is 9.89 Å². The Bertz CT molecular complexity index is 1310. The van der Waals surface area contributed by atoms with E-state index in [-0.39, 0.29) is 17.7 Å². The van der Waals surface area contributed by atoms with Crippen LogP contribution in [0.1, 0.15) is 45.7 Å². The SMILES string of the molecule is CCOc1cc(C2c3c(-c4ccc(C)cc4)n[nH]c3C(=O)N2CCc2ccccc2)ccc1O. The third-order valence-electron chi connectivity index (χ3n) is 6.27. The minimum Gasteiger partial charge on any atom is -0.504 e. The van der Waals surface area contributed by atoms with E-state index in [0.29, 0.717) is 24.6 Å². The predicted octanol–water partition coefficient (Wildman–Crippen LogP) is 5.28. The normalized spacial score (nSPS) is 14.9. The van der Waals surface area contributed by atoms with E-state index in [0.717, 1.165) is 34.4 Å². The van der Waals surface area contributed by atoms with Gasteiger partial charge in [-0.05, 0) is 43.5 Å². The zero-order chi connectivity index (χ0) is 23.7. The van der Waals surface area contributed by atoms with Crippen LogP contribution in [0.5, 0.6) is 11.5 Å². The number of hydrogen-bond acceptors (Lipinski definition) is 4. The molecule has 5 rings (SSSR count). The predicted molar refractivity (Wildman–Crippen MR) is 131 cm³/mol. The number of rotatable bonds is 7. The highest BCUT2D eigenvalue weighted by molar-refractivity contribution is 6.00. The molecule has 1 aromatic heterocycles. The number of aromatic nitrogens is 2. The van der Waals surface area contributed by atoms with Gasteiger partial charge in [0.2, 0.25) is 0 Å². The fourth-order valence-electron chi connectivity index (χ4n) is 4.57. The third-order valence-corrected chi connectivity index (χ3v) is 6.27. The Morgan fingerprint density at radius 2 is 1.82 bits per heavy atom. The molecule has 3 aromatic carbocycles. The second kappa shape index (κ2) is 9.06. The van der Waals surface area contributed by atoms with Crippen molar-refractivity contribution >= 4 is 5.91 Å². The van der Waals surface area contributed by atoms with Gasteiger partial charge in [0.25, 0.3) is 5.91 Å². The van der Waals surface area contributed by atoms with E-state index in [1.807, 2.05) is 73.3 Å². The molecule has 1 aliphatic heterocycles. The fraction of sp³-hybridized carbons (Fsp3) is 0.214. The Morgan fingerprint density at radius 1 is 1.06 bits per heavy atom. The van der Waals surface area contributed by atoms with Gasteiger partial charge in [0.1, 0.15) is 5.69 Å². The third kappa shape index (κ3) is 3.92. The van der Waals surface area contributed by atoms with Crippen LogP contribution in [0.4, 0.5) is 0 Å². The topological polar surface area (TPSA) is 78.5 Å². The van der Waals surface area contributed by atoms with Crippen LogP contribution in [0.15, 0.2) is 72.8 Å². The molecule has 2 N–H and O–H groups in total. The molecule has 0 radical (unpaired) electrons. The first kappa shape index (κ1) is 21.8. The average molecular weight is 454 g/mol. The molecule has 2 heterocycles. The number of aromatic hydroxyl groups is 1. The zero-order valence-electron chi connectivity index (χ0n) is 19.3. The van der Waals surface area contributed by atoms with E-state index in [1.165, 1.54) is 5.56 Å². The van der Waals surface area contributed by atoms with Crippen molar-refractivity contribution in [2.75, 3.05) is 13.2 Å². The summed E-state index contributed by atoms with van der Waals surface area (Å²) in [5.74, 6) is 0.411. The van der Waals surface area contributed by atoms with E-state index in [1.54, 1.807) is 6.07 Å². The van der Waals surface area contributed by atoms with Crippen LogP contribution in [-0.4, -0.2) is 39.3 Å². The molecule has 0 saturated carbocycles. The van der Waals surface area contributed by atoms with Gasteiger partial charge in [-0.15, -0.1) is 0 Å². The van der Waals surface area contributed by atoms with Crippen molar-refractivity contribution in [1.29, 1.82) is 0 Å². The van der Waals surface area contributed by atoms with Crippen LogP contribution >= 0.6 is 0 Å². The number of ether oxygens (including phenoxy) is 1. The molecule has 0 bridgehead atoms. The van der Waals surface area contributed by atoms with Gasteiger partial charge < -0.3 is 14.7 Å². The van der Waals surface area contributed by atoms with Crippen molar-refractivity contribution in [2.24, 2.45) is 0 Å². The van der Waals surface area contributed by atoms with Crippen LogP contribution in [0, 0.1) is 6.92 Å². The summed E-state index contributed by atoms with van der Waals surface area (Å²) in [4.78, 5) is 15.4. The van der Waals surface area contributed by atoms with Gasteiger partial charge in [0, 0.05) is 17.7 Å². The number of nitrogens with one attached hydrogen (secondary N) is 1. The number of amides is 1. The van der Waals surface area contributed by atoms with E-state index < -0.39 is 0 Å². The number of fused-ring (bicyclic) bond motifs is 1. The van der Waals surface area contributed by atoms with Gasteiger partial charge in [-0.1, -0.05) is 66.2 Å². The molecule has 6 nitrogen and oxygen atoms in total. The summed E-state index contributed by atoms with van der Waals surface area (Å²) in [5.41, 5.74) is 6.29. The number of nitrogens with zero attached hydrogens (tertiary/aromatic N) is 2. The van der Waals surface area contributed by atoms with Gasteiger partial charge in [0.05, 0.1) is 18.3 Å². The number of aryl methyl sites for hydroxylation is 1. The molecular formula is C28H27N3O3. The molecule has 6 heteroatoms. The molecule has 4 aromatic rings. The molecule has 0 saturated heterocycles. The van der Waals surface area contributed by atoms with Gasteiger partial charge in [0.15, 0.2) is 11.5 Å². The summed E-state index contributed by atoms with van der Waals surface area (Å²) in [6, 6.07) is 23.3. The molecule has 1 amide bonds. The fourth-order valence-corrected chi connectivity index (χ4v) is 4.57. The largest absolute Gasteiger partial charge is 0.504 e. The molecule has 0 spiro atoms. The zero-order valence-corrected chi connectivity index (χ0v) is 19.3. The number of benzene rings is 3. The number of phenols is 1. The summed E-state index contributed by atoms with van der Waals surface area (Å²) in [5, 5.41) is 17.8. The van der Waals surface area contributed by atoms with E-state index >= 15 is 0 Å². The summed E-state index contributed by atoms with van der Waals surface area (Å²) < 4.78 is 5.65. The highest BCUT2D eigenvalue weighted by Crippen LogP contribution is 2.44. The minimum atomic E-state index is -0.346. The first-order chi connectivity index (χ1) is 16.6. The van der Waals surface area contributed by atoms with Crippen molar-refractivity contribution in [1.82, 2.24) is 15.1 Å². The van der Waals surface area contributed by atoms with E-state index in [2.05, 4.69) is 22.3 Å². The first-order valence-corrected chi connectivity index (χ1v) is 11.5. The van der Waals surface area contributed by atoms with Crippen LogP contribution in [0.3, 0.4) is 0 Å². The Labute approximate surface area is 198 Å². The van der Waals surface area contributed by atoms with Crippen LogP contribution < -0.4 is 4.74 Å². The van der Waals surface area contributed by atoms with E-state index in [9.17, 15) is 9.90 Å². The monoisotopic (exact) mass is 453 g/mol. The Kier molecular flexibility index (Phi) is 5.80. The number of hydrogen-bond donors (Lipinski definition) is 2. The average Bonchev–Trinajstić information content (AvgIpc) is 3.39. The lowest BCUT2D eigenvalue weighted by Crippen LogP contribution is -2.31. The van der Waals surface area contributed by atoms with Crippen molar-refractivity contribution in [3.05, 3.63) is 101 Å². The number of phenolic OH excluding ortho intramolecular Hbond substituents is 1. The van der Waals surface area contributed by atoms with Gasteiger partial charge in [-0.25, -0.2) is 0 Å². The standard InChI is InChI=1S/C28H27N3O3/c1-3-34-23-17-21(13-14-22(23)32)27-24-25(20-11-9-18(2)10-12-20)29-30-26(24)28(33)31(27)16-15-19-7-5-4-6-8-19/h4-14,17,27,32H,3,15-16H2,1-2H3,(H,29,30). The lowest BCUT2D eigenvalue weighted by Gasteiger charge is -2.27. The number of carbonyl (C=O) groups excluding carboxylic acids is 1. The Balaban J connectivity index is 1.60. The lowest BCUT2D eigenvalue weighted by atomic mass is 9.95. The minimum absolute atomic E-state index is 0.0761. The molecule has 1 aliphatic rings. The first-order valence-electron chi connectivity index (χ1n) is 11.5. The Hall–Kier alpha value is -4.06.